The average Bonchev–Trinajstić information content (AvgIpc) is 3.32. The van der Waals surface area contributed by atoms with Gasteiger partial charge in [-0.05, 0) is 80.8 Å². The lowest BCUT2D eigenvalue weighted by molar-refractivity contribution is 0.0688. The van der Waals surface area contributed by atoms with Crippen molar-refractivity contribution < 1.29 is 9.59 Å². The fourth-order valence-electron chi connectivity index (χ4n) is 6.77. The van der Waals surface area contributed by atoms with Crippen LogP contribution in [0.4, 0.5) is 4.79 Å². The number of aromatic nitrogens is 1. The van der Waals surface area contributed by atoms with E-state index in [-0.39, 0.29) is 17.5 Å². The van der Waals surface area contributed by atoms with Crippen molar-refractivity contribution in [1.29, 1.82) is 0 Å². The Labute approximate surface area is 172 Å². The summed E-state index contributed by atoms with van der Waals surface area (Å²) in [4.78, 5) is 31.1. The van der Waals surface area contributed by atoms with Gasteiger partial charge >= 0.3 is 6.03 Å². The quantitative estimate of drug-likeness (QED) is 0.821. The minimum Gasteiger partial charge on any atom is -0.339 e. The van der Waals surface area contributed by atoms with E-state index in [1.165, 1.54) is 32.1 Å². The number of amides is 3. The highest BCUT2D eigenvalue weighted by Gasteiger charge is 2.57. The van der Waals surface area contributed by atoms with Crippen molar-refractivity contribution in [3.8, 4) is 0 Å². The zero-order valence-corrected chi connectivity index (χ0v) is 17.1. The van der Waals surface area contributed by atoms with Crippen molar-refractivity contribution >= 4 is 11.9 Å². The molecule has 2 bridgehead atoms. The molecule has 2 N–H and O–H groups in total. The Balaban J connectivity index is 1.08. The predicted molar refractivity (Wildman–Crippen MR) is 110 cm³/mol. The van der Waals surface area contributed by atoms with Crippen LogP contribution in [-0.2, 0) is 0 Å². The van der Waals surface area contributed by atoms with E-state index in [1.807, 2.05) is 4.90 Å². The molecule has 3 amide bonds. The zero-order chi connectivity index (χ0) is 19.8. The van der Waals surface area contributed by atoms with Gasteiger partial charge in [-0.2, -0.15) is 0 Å². The molecule has 3 saturated carbocycles. The third-order valence-electron chi connectivity index (χ3n) is 8.10. The molecule has 4 atom stereocenters. The number of carbonyl (C=O) groups excluding carboxylic acids is 2. The van der Waals surface area contributed by atoms with E-state index in [0.717, 1.165) is 50.1 Å². The maximum absolute atomic E-state index is 12.7. The van der Waals surface area contributed by atoms with E-state index in [4.69, 9.17) is 0 Å². The van der Waals surface area contributed by atoms with Crippen LogP contribution < -0.4 is 10.6 Å². The first-order valence-electron chi connectivity index (χ1n) is 11.4. The lowest BCUT2D eigenvalue weighted by atomic mass is 9.66. The lowest BCUT2D eigenvalue weighted by Gasteiger charge is -2.46. The molecule has 1 saturated heterocycles. The predicted octanol–water partition coefficient (Wildman–Crippen LogP) is 3.20. The van der Waals surface area contributed by atoms with Gasteiger partial charge in [-0.25, -0.2) is 4.79 Å². The van der Waals surface area contributed by atoms with E-state index in [2.05, 4.69) is 15.6 Å². The molecule has 5 rings (SSSR count). The van der Waals surface area contributed by atoms with Gasteiger partial charge in [0.2, 0.25) is 0 Å². The van der Waals surface area contributed by atoms with E-state index < -0.39 is 0 Å². The van der Waals surface area contributed by atoms with Gasteiger partial charge in [-0.3, -0.25) is 9.78 Å². The number of nitrogens with one attached hydrogen (secondary N) is 2. The van der Waals surface area contributed by atoms with E-state index >= 15 is 0 Å². The molecule has 3 aliphatic carbocycles. The zero-order valence-electron chi connectivity index (χ0n) is 17.1. The molecule has 4 fully saturated rings. The summed E-state index contributed by atoms with van der Waals surface area (Å²) in [6, 6.07) is 3.56. The van der Waals surface area contributed by atoms with Crippen LogP contribution in [0.2, 0.25) is 0 Å². The van der Waals surface area contributed by atoms with Crippen molar-refractivity contribution in [1.82, 2.24) is 20.5 Å². The summed E-state index contributed by atoms with van der Waals surface area (Å²) < 4.78 is 0. The van der Waals surface area contributed by atoms with Crippen LogP contribution >= 0.6 is 0 Å². The van der Waals surface area contributed by atoms with Gasteiger partial charge in [0.15, 0.2) is 0 Å². The maximum Gasteiger partial charge on any atom is 0.315 e. The van der Waals surface area contributed by atoms with Gasteiger partial charge in [0.05, 0.1) is 0 Å². The number of piperidine rings is 1. The summed E-state index contributed by atoms with van der Waals surface area (Å²) in [5, 5.41) is 6.57. The Kier molecular flexibility index (Phi) is 4.96. The number of likely N-dealkylation sites (tertiary alicyclic amines) is 1. The van der Waals surface area contributed by atoms with Crippen molar-refractivity contribution in [2.45, 2.75) is 56.9 Å². The standard InChI is InChI=1S/C23H32N4O2/c28-21(18-3-8-24-9-4-18)27-10-5-16(6-11-27)15-25-22(29)26-23-7-1-2-19-12-17(14-23)13-20(19)23/h3-4,8-9,16-17,19-20H,1-2,5-7,10-15H2,(H2,25,26,29). The summed E-state index contributed by atoms with van der Waals surface area (Å²) in [6.45, 7) is 2.21. The summed E-state index contributed by atoms with van der Waals surface area (Å²) >= 11 is 0. The fourth-order valence-corrected chi connectivity index (χ4v) is 6.77. The number of pyridine rings is 1. The monoisotopic (exact) mass is 396 g/mol. The molecule has 0 spiro atoms. The maximum atomic E-state index is 12.7. The highest BCUT2D eigenvalue weighted by molar-refractivity contribution is 5.94. The van der Waals surface area contributed by atoms with Gasteiger partial charge < -0.3 is 15.5 Å². The van der Waals surface area contributed by atoms with Crippen molar-refractivity contribution in [2.75, 3.05) is 19.6 Å². The van der Waals surface area contributed by atoms with Crippen LogP contribution in [0.3, 0.4) is 0 Å². The van der Waals surface area contributed by atoms with Crippen LogP contribution in [-0.4, -0.2) is 47.0 Å². The lowest BCUT2D eigenvalue weighted by Crippen LogP contribution is -2.58. The average molecular weight is 397 g/mol. The van der Waals surface area contributed by atoms with E-state index in [1.54, 1.807) is 24.5 Å². The molecule has 6 nitrogen and oxygen atoms in total. The summed E-state index contributed by atoms with van der Waals surface area (Å²) in [7, 11) is 0. The highest BCUT2D eigenvalue weighted by atomic mass is 16.2. The molecule has 0 aromatic carbocycles. The molecular weight excluding hydrogens is 364 g/mol. The second-order valence-corrected chi connectivity index (χ2v) is 9.76. The van der Waals surface area contributed by atoms with E-state index in [0.29, 0.717) is 18.0 Å². The minimum absolute atomic E-state index is 0.0218. The van der Waals surface area contributed by atoms with Gasteiger partial charge in [0.1, 0.15) is 0 Å². The number of hydrogen-bond donors (Lipinski definition) is 2. The Morgan fingerprint density at radius 3 is 2.69 bits per heavy atom. The smallest absolute Gasteiger partial charge is 0.315 e. The molecule has 2 heterocycles. The van der Waals surface area contributed by atoms with Gasteiger partial charge in [0.25, 0.3) is 5.91 Å². The van der Waals surface area contributed by atoms with Crippen LogP contribution in [0.5, 0.6) is 0 Å². The Morgan fingerprint density at radius 1 is 1.14 bits per heavy atom. The molecular formula is C23H32N4O2. The van der Waals surface area contributed by atoms with Crippen molar-refractivity contribution in [2.24, 2.45) is 23.7 Å². The summed E-state index contributed by atoms with van der Waals surface area (Å²) in [5.41, 5.74) is 0.780. The molecule has 4 unspecified atom stereocenters. The second-order valence-electron chi connectivity index (χ2n) is 9.76. The number of hydrogen-bond acceptors (Lipinski definition) is 3. The molecule has 0 radical (unpaired) electrons. The second kappa shape index (κ2) is 7.62. The number of rotatable bonds is 4. The first kappa shape index (κ1) is 18.9. The van der Waals surface area contributed by atoms with Gasteiger partial charge in [0, 0.05) is 43.1 Å². The first-order valence-corrected chi connectivity index (χ1v) is 11.4. The van der Waals surface area contributed by atoms with Gasteiger partial charge in [-0.15, -0.1) is 0 Å². The molecule has 6 heteroatoms. The molecule has 4 aliphatic rings. The summed E-state index contributed by atoms with van der Waals surface area (Å²) in [6.07, 6.45) is 12.9. The molecule has 29 heavy (non-hydrogen) atoms. The number of urea groups is 1. The summed E-state index contributed by atoms with van der Waals surface area (Å²) in [5.74, 6) is 2.94. The van der Waals surface area contributed by atoms with Crippen LogP contribution in [0.25, 0.3) is 0 Å². The first-order chi connectivity index (χ1) is 14.1. The van der Waals surface area contributed by atoms with Crippen LogP contribution in [0.15, 0.2) is 24.5 Å². The largest absolute Gasteiger partial charge is 0.339 e. The van der Waals surface area contributed by atoms with Crippen LogP contribution in [0, 0.1) is 23.7 Å². The topological polar surface area (TPSA) is 74.3 Å². The normalized spacial score (nSPS) is 33.5. The fraction of sp³-hybridized carbons (Fsp3) is 0.696. The van der Waals surface area contributed by atoms with Gasteiger partial charge in [-0.1, -0.05) is 6.42 Å². The molecule has 156 valence electrons. The van der Waals surface area contributed by atoms with Crippen molar-refractivity contribution in [3.63, 3.8) is 0 Å². The Hall–Kier alpha value is -2.11. The third kappa shape index (κ3) is 3.62. The molecule has 1 aromatic rings. The van der Waals surface area contributed by atoms with E-state index in [9.17, 15) is 9.59 Å². The number of fused-ring (bicyclic) bond motifs is 1. The Bertz CT molecular complexity index is 761. The van der Waals surface area contributed by atoms with Crippen molar-refractivity contribution in [3.05, 3.63) is 30.1 Å². The number of carbonyl (C=O) groups is 2. The Morgan fingerprint density at radius 2 is 1.93 bits per heavy atom. The SMILES string of the molecule is O=C(NCC1CCN(C(=O)c2ccncc2)CC1)NC12CCCC3CC(CC31)C2. The molecule has 1 aliphatic heterocycles. The number of nitrogens with zero attached hydrogens (tertiary/aromatic N) is 2. The van der Waals surface area contributed by atoms with Crippen LogP contribution in [0.1, 0.15) is 61.7 Å². The molecule has 1 aromatic heterocycles. The highest BCUT2D eigenvalue weighted by Crippen LogP contribution is 2.59. The third-order valence-corrected chi connectivity index (χ3v) is 8.10. The minimum atomic E-state index is 0.0218.